The minimum Gasteiger partial charge on any atom is -0.381 e. The summed E-state index contributed by atoms with van der Waals surface area (Å²) < 4.78 is 5.48. The van der Waals surface area contributed by atoms with Gasteiger partial charge in [0, 0.05) is 50.6 Å². The fraction of sp³-hybridized carbons (Fsp3) is 0.684. The number of fused-ring (bicyclic) bond motifs is 1. The lowest BCUT2D eigenvalue weighted by Crippen LogP contribution is -2.41. The predicted molar refractivity (Wildman–Crippen MR) is 91.9 cm³/mol. The lowest BCUT2D eigenvalue weighted by molar-refractivity contribution is 0.0502. The fourth-order valence-electron chi connectivity index (χ4n) is 4.62. The van der Waals surface area contributed by atoms with Crippen LogP contribution in [0.3, 0.4) is 0 Å². The summed E-state index contributed by atoms with van der Waals surface area (Å²) in [6, 6.07) is 6.63. The number of rotatable bonds is 3. The van der Waals surface area contributed by atoms with Crippen LogP contribution in [-0.2, 0) is 4.74 Å². The van der Waals surface area contributed by atoms with Crippen molar-refractivity contribution in [3.63, 3.8) is 0 Å². The second-order valence-electron chi connectivity index (χ2n) is 7.43. The van der Waals surface area contributed by atoms with Gasteiger partial charge in [-0.2, -0.15) is 0 Å². The smallest absolute Gasteiger partial charge is 0.272 e. The van der Waals surface area contributed by atoms with Crippen LogP contribution < -0.4 is 0 Å². The van der Waals surface area contributed by atoms with Gasteiger partial charge in [0.05, 0.1) is 0 Å². The second-order valence-corrected chi connectivity index (χ2v) is 7.43. The van der Waals surface area contributed by atoms with Crippen LogP contribution in [-0.4, -0.2) is 65.6 Å². The number of hydrogen-bond donors (Lipinski definition) is 0. The molecule has 5 nitrogen and oxygen atoms in total. The first-order valence-electron chi connectivity index (χ1n) is 9.29. The third kappa shape index (κ3) is 3.07. The summed E-state index contributed by atoms with van der Waals surface area (Å²) in [5, 5.41) is 0. The molecular formula is C19H27N3O2. The Balaban J connectivity index is 1.41. The van der Waals surface area contributed by atoms with Gasteiger partial charge in [-0.15, -0.1) is 0 Å². The van der Waals surface area contributed by atoms with Crippen LogP contribution in [0.25, 0.3) is 0 Å². The molecule has 0 unspecified atom stereocenters. The Labute approximate surface area is 144 Å². The number of carbonyl (C=O) groups is 1. The molecule has 1 aromatic heterocycles. The standard InChI is InChI=1S/C19H27N3O2/c1-14-3-2-4-16(20-14)19(23)22-10-6-17-18(22)5-9-21(17)13-15-7-11-24-12-8-15/h2-4,15,17-18H,5-13H2,1H3/t17-,18+/m1/s1. The molecule has 1 amide bonds. The SMILES string of the molecule is Cc1cccc(C(=O)N2CC[C@@H]3[C@@H]2CCN3CC2CCOCC2)n1. The Morgan fingerprint density at radius 1 is 1.17 bits per heavy atom. The van der Waals surface area contributed by atoms with E-state index < -0.39 is 0 Å². The summed E-state index contributed by atoms with van der Waals surface area (Å²) >= 11 is 0. The zero-order valence-corrected chi connectivity index (χ0v) is 14.5. The third-order valence-electron chi connectivity index (χ3n) is 5.89. The number of ether oxygens (including phenoxy) is 1. The van der Waals surface area contributed by atoms with Crippen molar-refractivity contribution < 1.29 is 9.53 Å². The van der Waals surface area contributed by atoms with Crippen LogP contribution in [0.1, 0.15) is 41.9 Å². The lowest BCUT2D eigenvalue weighted by Gasteiger charge is -2.30. The van der Waals surface area contributed by atoms with Gasteiger partial charge in [-0.3, -0.25) is 9.69 Å². The molecule has 0 aliphatic carbocycles. The molecule has 0 N–H and O–H groups in total. The minimum atomic E-state index is 0.110. The molecule has 5 heteroatoms. The zero-order chi connectivity index (χ0) is 16.5. The number of nitrogens with zero attached hydrogens (tertiary/aromatic N) is 3. The van der Waals surface area contributed by atoms with Crippen LogP contribution in [0.5, 0.6) is 0 Å². The topological polar surface area (TPSA) is 45.7 Å². The molecule has 0 saturated carbocycles. The summed E-state index contributed by atoms with van der Waals surface area (Å²) in [7, 11) is 0. The lowest BCUT2D eigenvalue weighted by atomic mass is 9.99. The minimum absolute atomic E-state index is 0.110. The Morgan fingerprint density at radius 2 is 1.96 bits per heavy atom. The van der Waals surface area contributed by atoms with E-state index in [0.717, 1.165) is 50.8 Å². The van der Waals surface area contributed by atoms with Crippen molar-refractivity contribution in [3.8, 4) is 0 Å². The molecule has 3 aliphatic heterocycles. The monoisotopic (exact) mass is 329 g/mol. The normalized spacial score (nSPS) is 28.3. The molecule has 1 aromatic rings. The molecule has 24 heavy (non-hydrogen) atoms. The number of pyridine rings is 1. The summed E-state index contributed by atoms with van der Waals surface area (Å²) in [4.78, 5) is 22.0. The Morgan fingerprint density at radius 3 is 2.75 bits per heavy atom. The molecular weight excluding hydrogens is 302 g/mol. The van der Waals surface area contributed by atoms with Crippen LogP contribution >= 0.6 is 0 Å². The maximum atomic E-state index is 12.9. The number of hydrogen-bond acceptors (Lipinski definition) is 4. The van der Waals surface area contributed by atoms with Crippen LogP contribution in [0, 0.1) is 12.8 Å². The van der Waals surface area contributed by atoms with Crippen molar-refractivity contribution in [2.45, 2.75) is 44.7 Å². The largest absolute Gasteiger partial charge is 0.381 e. The number of aromatic nitrogens is 1. The molecule has 0 bridgehead atoms. The molecule has 3 saturated heterocycles. The van der Waals surface area contributed by atoms with E-state index in [1.807, 2.05) is 25.1 Å². The van der Waals surface area contributed by atoms with Gasteiger partial charge in [-0.05, 0) is 50.7 Å². The molecule has 3 aliphatic rings. The van der Waals surface area contributed by atoms with E-state index in [1.165, 1.54) is 19.4 Å². The van der Waals surface area contributed by atoms with E-state index >= 15 is 0 Å². The maximum Gasteiger partial charge on any atom is 0.272 e. The Bertz CT molecular complexity index is 600. The van der Waals surface area contributed by atoms with Gasteiger partial charge in [0.2, 0.25) is 0 Å². The Kier molecular flexibility index (Phi) is 4.55. The van der Waals surface area contributed by atoms with Gasteiger partial charge in [-0.25, -0.2) is 4.98 Å². The average Bonchev–Trinajstić information content (AvgIpc) is 3.18. The highest BCUT2D eigenvalue weighted by molar-refractivity contribution is 5.92. The highest BCUT2D eigenvalue weighted by Crippen LogP contribution is 2.33. The van der Waals surface area contributed by atoms with Crippen molar-refractivity contribution >= 4 is 5.91 Å². The van der Waals surface area contributed by atoms with Gasteiger partial charge in [-0.1, -0.05) is 6.07 Å². The van der Waals surface area contributed by atoms with Crippen LogP contribution in [0.4, 0.5) is 0 Å². The van der Waals surface area contributed by atoms with E-state index in [-0.39, 0.29) is 5.91 Å². The number of likely N-dealkylation sites (tertiary alicyclic amines) is 2. The molecule has 4 heterocycles. The molecule has 0 spiro atoms. The molecule has 0 aromatic carbocycles. The first kappa shape index (κ1) is 16.0. The van der Waals surface area contributed by atoms with Crippen molar-refractivity contribution in [1.82, 2.24) is 14.8 Å². The molecule has 130 valence electrons. The van der Waals surface area contributed by atoms with Gasteiger partial charge in [0.15, 0.2) is 0 Å². The van der Waals surface area contributed by atoms with Crippen molar-refractivity contribution in [1.29, 1.82) is 0 Å². The summed E-state index contributed by atoms with van der Waals surface area (Å²) in [6.45, 7) is 6.93. The van der Waals surface area contributed by atoms with E-state index in [1.54, 1.807) is 0 Å². The van der Waals surface area contributed by atoms with Crippen molar-refractivity contribution in [2.75, 3.05) is 32.8 Å². The number of aryl methyl sites for hydroxylation is 1. The second kappa shape index (κ2) is 6.81. The summed E-state index contributed by atoms with van der Waals surface area (Å²) in [5.41, 5.74) is 1.50. The van der Waals surface area contributed by atoms with E-state index in [9.17, 15) is 4.79 Å². The highest BCUT2D eigenvalue weighted by atomic mass is 16.5. The molecule has 4 rings (SSSR count). The number of amides is 1. The van der Waals surface area contributed by atoms with Crippen molar-refractivity contribution in [3.05, 3.63) is 29.6 Å². The van der Waals surface area contributed by atoms with E-state index in [4.69, 9.17) is 4.74 Å². The van der Waals surface area contributed by atoms with Gasteiger partial charge >= 0.3 is 0 Å². The number of carbonyl (C=O) groups excluding carboxylic acids is 1. The van der Waals surface area contributed by atoms with Gasteiger partial charge in [0.1, 0.15) is 5.69 Å². The van der Waals surface area contributed by atoms with Crippen molar-refractivity contribution in [2.24, 2.45) is 5.92 Å². The van der Waals surface area contributed by atoms with E-state index in [0.29, 0.717) is 17.8 Å². The predicted octanol–water partition coefficient (Wildman–Crippen LogP) is 2.11. The summed E-state index contributed by atoms with van der Waals surface area (Å²) in [6.07, 6.45) is 4.57. The first-order chi connectivity index (χ1) is 11.7. The first-order valence-corrected chi connectivity index (χ1v) is 9.29. The average molecular weight is 329 g/mol. The molecule has 3 fully saturated rings. The molecule has 2 atom stereocenters. The zero-order valence-electron chi connectivity index (χ0n) is 14.5. The van der Waals surface area contributed by atoms with Gasteiger partial charge < -0.3 is 9.64 Å². The van der Waals surface area contributed by atoms with E-state index in [2.05, 4.69) is 14.8 Å². The summed E-state index contributed by atoms with van der Waals surface area (Å²) in [5.74, 6) is 0.875. The quantitative estimate of drug-likeness (QED) is 0.852. The maximum absolute atomic E-state index is 12.9. The van der Waals surface area contributed by atoms with Crippen LogP contribution in [0.2, 0.25) is 0 Å². The molecule has 0 radical (unpaired) electrons. The third-order valence-corrected chi connectivity index (χ3v) is 5.89. The fourth-order valence-corrected chi connectivity index (χ4v) is 4.62. The van der Waals surface area contributed by atoms with Crippen LogP contribution in [0.15, 0.2) is 18.2 Å². The highest BCUT2D eigenvalue weighted by Gasteiger charge is 2.45. The van der Waals surface area contributed by atoms with Gasteiger partial charge in [0.25, 0.3) is 5.91 Å². The Hall–Kier alpha value is -1.46.